The Hall–Kier alpha value is -9.16. The summed E-state index contributed by atoms with van der Waals surface area (Å²) in [6, 6.07) is 53.0. The number of anilines is 8. The van der Waals surface area contributed by atoms with Gasteiger partial charge in [0.2, 0.25) is 23.8 Å². The minimum absolute atomic E-state index is 0.00918. The number of piperazine rings is 1. The number of likely N-dealkylation sites (N-methyl/N-ethyl adjacent to an activating group) is 3. The van der Waals surface area contributed by atoms with Crippen molar-refractivity contribution in [1.29, 1.82) is 0 Å². The van der Waals surface area contributed by atoms with Gasteiger partial charge in [0, 0.05) is 143 Å². The highest BCUT2D eigenvalue weighted by Crippen LogP contribution is 2.35. The number of halogens is 4. The normalized spacial score (nSPS) is 12.6. The number of hydrogen-bond acceptors (Lipinski definition) is 24. The zero-order valence-electron chi connectivity index (χ0n) is 60.6. The largest absolute Gasteiger partial charge is 0.383 e. The molecule has 14 rings (SSSR count). The van der Waals surface area contributed by atoms with Crippen LogP contribution in [0.5, 0.6) is 0 Å². The van der Waals surface area contributed by atoms with Crippen molar-refractivity contribution in [1.82, 2.24) is 69.7 Å². The van der Waals surface area contributed by atoms with Crippen molar-refractivity contribution < 1.29 is 28.7 Å². The SMILES string of the molecule is CCN1CCN(C(=O)c2ccc(Nc3nccc(-c4ccc(Br)s4)n3)cc2)CC1.CN(C)CCN(C)C(=O)c1ccc(Nc2nccc(-c3ccc(Br)s3)n2)cc1.COCCNC(=O)c1ccc(Nc2nccc(-c3ccc(Br)s3)n2)cc1.O=C(c1ccc(Nc2nccc(-c3ccc(Br)s3)n2)cc1)N1CCOCC1. The number of thiophene rings is 4. The highest BCUT2D eigenvalue weighted by atomic mass is 79.9. The predicted molar refractivity (Wildman–Crippen MR) is 456 cm³/mol. The first kappa shape index (κ1) is 81.8. The number of benzene rings is 4. The number of morpholine rings is 1. The van der Waals surface area contributed by atoms with E-state index < -0.39 is 0 Å². The van der Waals surface area contributed by atoms with Crippen molar-refractivity contribution in [3.8, 4) is 42.3 Å². The van der Waals surface area contributed by atoms with Crippen LogP contribution in [0.1, 0.15) is 48.4 Å². The van der Waals surface area contributed by atoms with Gasteiger partial charge in [0.15, 0.2) is 0 Å². The van der Waals surface area contributed by atoms with Crippen molar-refractivity contribution in [3.05, 3.63) is 232 Å². The van der Waals surface area contributed by atoms with Crippen LogP contribution < -0.4 is 26.6 Å². The van der Waals surface area contributed by atoms with Crippen molar-refractivity contribution >= 4 is 179 Å². The number of nitrogens with one attached hydrogen (secondary N) is 5. The molecule has 8 aromatic heterocycles. The molecule has 0 radical (unpaired) electrons. The van der Waals surface area contributed by atoms with Gasteiger partial charge in [0.1, 0.15) is 0 Å². The van der Waals surface area contributed by atoms with Gasteiger partial charge in [-0.3, -0.25) is 19.2 Å². The maximum Gasteiger partial charge on any atom is 0.254 e. The van der Waals surface area contributed by atoms with Crippen LogP contribution in [0.4, 0.5) is 46.5 Å². The number of methoxy groups -OCH3 is 1. The Morgan fingerprint density at radius 1 is 0.436 bits per heavy atom. The van der Waals surface area contributed by atoms with Gasteiger partial charge >= 0.3 is 0 Å². The van der Waals surface area contributed by atoms with Crippen LogP contribution >= 0.6 is 109 Å². The number of aromatic nitrogens is 8. The molecular formula is C78H78Br4N18O6S4. The lowest BCUT2D eigenvalue weighted by molar-refractivity contribution is 0.0303. The third-order valence-corrected chi connectivity index (χ3v) is 23.3. The summed E-state index contributed by atoms with van der Waals surface area (Å²) >= 11 is 20.4. The molecule has 2 fully saturated rings. The fourth-order valence-corrected chi connectivity index (χ4v) is 16.2. The number of rotatable bonds is 23. The summed E-state index contributed by atoms with van der Waals surface area (Å²) in [5.74, 6) is 2.07. The van der Waals surface area contributed by atoms with Crippen LogP contribution in [0.25, 0.3) is 42.3 Å². The number of hydrogen-bond donors (Lipinski definition) is 5. The second-order valence-corrected chi connectivity index (χ2v) is 34.5. The van der Waals surface area contributed by atoms with Gasteiger partial charge in [-0.15, -0.1) is 45.3 Å². The Morgan fingerprint density at radius 2 is 0.773 bits per heavy atom. The van der Waals surface area contributed by atoms with Crippen LogP contribution in [-0.4, -0.2) is 202 Å². The average molecular weight is 1810 g/mol. The number of nitrogens with zero attached hydrogens (tertiary/aromatic N) is 13. The highest BCUT2D eigenvalue weighted by Gasteiger charge is 2.23. The Bertz CT molecular complexity index is 4980. The molecule has 32 heteroatoms. The molecule has 0 atom stereocenters. The third kappa shape index (κ3) is 24.4. The molecule has 4 aromatic carbocycles. The van der Waals surface area contributed by atoms with Gasteiger partial charge in [-0.05, 0) is 254 Å². The van der Waals surface area contributed by atoms with Crippen molar-refractivity contribution in [2.45, 2.75) is 6.92 Å². The Kier molecular flexibility index (Phi) is 30.7. The van der Waals surface area contributed by atoms with Gasteiger partial charge in [-0.25, -0.2) is 39.9 Å². The van der Waals surface area contributed by atoms with Crippen molar-refractivity contribution in [2.24, 2.45) is 0 Å². The van der Waals surface area contributed by atoms with Crippen LogP contribution in [0.2, 0.25) is 0 Å². The molecule has 0 unspecified atom stereocenters. The van der Waals surface area contributed by atoms with E-state index in [0.29, 0.717) is 92.0 Å². The zero-order chi connectivity index (χ0) is 77.3. The molecule has 0 bridgehead atoms. The molecule has 0 spiro atoms. The predicted octanol–water partition coefficient (Wildman–Crippen LogP) is 17.1. The highest BCUT2D eigenvalue weighted by molar-refractivity contribution is 9.11. The maximum absolute atomic E-state index is 12.7. The summed E-state index contributed by atoms with van der Waals surface area (Å²) in [5, 5.41) is 15.6. The van der Waals surface area contributed by atoms with Crippen LogP contribution in [0.3, 0.4) is 0 Å². The standard InChI is InChI=1S/C21H22BrN5OS.C20H22BrN5OS.C19H17BrN4O2S.C18H17BrN4O2S/c1-2-26-11-13-27(14-12-26)20(28)15-3-5-16(6-4-15)24-21-23-10-9-17(25-21)18-7-8-19(22)29-18;1-25(2)12-13-26(3)19(27)14-4-6-15(7-5-14)23-20-22-11-10-16(24-20)17-8-9-18(21)28-17;20-17-6-5-16(27-17)15-7-8-21-19(23-15)22-14-3-1-13(2-4-14)18(25)24-9-11-26-12-10-24;1-25-11-10-20-17(24)12-2-4-13(5-3-12)22-18-21-9-8-14(23-18)15-6-7-16(19)26-15/h3-10H,2,11-14H2,1H3,(H,23,24,25);4-11H,12-13H2,1-3H3,(H,22,23,24);1-8H,9-12H2,(H,21,22,23);2-9H,10-11H2,1H3,(H,20,24)(H,21,22,23). The fourth-order valence-electron chi connectivity index (χ4n) is 10.8. The first-order chi connectivity index (χ1) is 53.4. The summed E-state index contributed by atoms with van der Waals surface area (Å²) in [6.45, 7) is 11.6. The molecule has 568 valence electrons. The van der Waals surface area contributed by atoms with E-state index in [0.717, 1.165) is 119 Å². The van der Waals surface area contributed by atoms with E-state index in [2.05, 4.69) is 147 Å². The first-order valence-electron chi connectivity index (χ1n) is 34.8. The first-order valence-corrected chi connectivity index (χ1v) is 41.2. The Morgan fingerprint density at radius 3 is 1.09 bits per heavy atom. The van der Waals surface area contributed by atoms with E-state index >= 15 is 0 Å². The smallest absolute Gasteiger partial charge is 0.254 e. The van der Waals surface area contributed by atoms with Gasteiger partial charge in [0.25, 0.3) is 23.6 Å². The van der Waals surface area contributed by atoms with Crippen molar-refractivity contribution in [3.63, 3.8) is 0 Å². The topological polar surface area (TPSA) is 266 Å². The molecule has 0 aliphatic carbocycles. The molecule has 12 aromatic rings. The molecular weight excluding hydrogens is 1730 g/mol. The summed E-state index contributed by atoms with van der Waals surface area (Å²) in [6.07, 6.45) is 6.92. The van der Waals surface area contributed by atoms with Gasteiger partial charge < -0.3 is 60.6 Å². The summed E-state index contributed by atoms with van der Waals surface area (Å²) in [5.41, 5.74) is 9.39. The average Bonchev–Trinajstić information content (AvgIpc) is 1.76. The molecule has 110 heavy (non-hydrogen) atoms. The van der Waals surface area contributed by atoms with Gasteiger partial charge in [-0.2, -0.15) is 0 Å². The van der Waals surface area contributed by atoms with E-state index in [4.69, 9.17) is 9.47 Å². The van der Waals surface area contributed by atoms with Gasteiger partial charge in [-0.1, -0.05) is 6.92 Å². The summed E-state index contributed by atoms with van der Waals surface area (Å²) in [7, 11) is 7.40. The zero-order valence-corrected chi connectivity index (χ0v) is 70.2. The van der Waals surface area contributed by atoms with Gasteiger partial charge in [0.05, 0.1) is 77.3 Å². The molecule has 10 heterocycles. The van der Waals surface area contributed by atoms with Crippen LogP contribution in [0, 0.1) is 0 Å². The van der Waals surface area contributed by atoms with E-state index in [9.17, 15) is 19.2 Å². The fraction of sp³-hybridized carbons (Fsp3) is 0.231. The summed E-state index contributed by atoms with van der Waals surface area (Å²) in [4.78, 5) is 99.2. The maximum atomic E-state index is 12.7. The number of ether oxygens (including phenoxy) is 2. The molecule has 0 saturated carbocycles. The molecule has 2 saturated heterocycles. The molecule has 24 nitrogen and oxygen atoms in total. The van der Waals surface area contributed by atoms with E-state index in [1.165, 1.54) is 0 Å². The molecule has 2 aliphatic rings. The van der Waals surface area contributed by atoms with E-state index in [1.54, 1.807) is 94.3 Å². The van der Waals surface area contributed by atoms with Crippen molar-refractivity contribution in [2.75, 3.05) is 135 Å². The summed E-state index contributed by atoms with van der Waals surface area (Å²) < 4.78 is 14.5. The second-order valence-electron chi connectivity index (χ2n) is 24.7. The van der Waals surface area contributed by atoms with Crippen LogP contribution in [-0.2, 0) is 9.47 Å². The van der Waals surface area contributed by atoms with Crippen LogP contribution in [0.15, 0.2) is 210 Å². The van der Waals surface area contributed by atoms with E-state index in [1.807, 2.05) is 189 Å². The van der Waals surface area contributed by atoms with E-state index in [-0.39, 0.29) is 23.6 Å². The number of amides is 4. The Balaban J connectivity index is 0.000000146. The second kappa shape index (κ2) is 41.2. The number of carbonyl (C=O) groups excluding carboxylic acids is 4. The molecule has 5 N–H and O–H groups in total. The lowest BCUT2D eigenvalue weighted by atomic mass is 10.1. The Labute approximate surface area is 687 Å². The minimum Gasteiger partial charge on any atom is -0.383 e. The third-order valence-electron chi connectivity index (χ3n) is 16.7. The molecule has 4 amide bonds. The minimum atomic E-state index is -0.130. The lowest BCUT2D eigenvalue weighted by Crippen LogP contribution is -2.48. The number of carbonyl (C=O) groups is 4. The monoisotopic (exact) mass is 1810 g/mol. The molecule has 2 aliphatic heterocycles. The lowest BCUT2D eigenvalue weighted by Gasteiger charge is -2.34. The quantitative estimate of drug-likeness (QED) is 0.0373.